The lowest BCUT2D eigenvalue weighted by atomic mass is 10.00. The summed E-state index contributed by atoms with van der Waals surface area (Å²) in [5.41, 5.74) is 2.42. The van der Waals surface area contributed by atoms with E-state index in [1.807, 2.05) is 44.2 Å². The van der Waals surface area contributed by atoms with Crippen molar-refractivity contribution in [2.75, 3.05) is 23.4 Å². The molecule has 2 aliphatic carbocycles. The zero-order valence-electron chi connectivity index (χ0n) is 20.0. The number of ether oxygens (including phenoxy) is 2. The van der Waals surface area contributed by atoms with Crippen LogP contribution in [0.4, 0.5) is 21.1 Å². The first-order valence-corrected chi connectivity index (χ1v) is 12.2. The number of nitrogens with zero attached hydrogens (tertiary/aromatic N) is 2. The summed E-state index contributed by atoms with van der Waals surface area (Å²) < 4.78 is 10.6. The summed E-state index contributed by atoms with van der Waals surface area (Å²) in [6.07, 6.45) is 3.61. The Bertz CT molecular complexity index is 1110. The van der Waals surface area contributed by atoms with Gasteiger partial charge in [0.1, 0.15) is 12.7 Å². The molecule has 10 heteroatoms. The van der Waals surface area contributed by atoms with Crippen molar-refractivity contribution in [3.63, 3.8) is 0 Å². The maximum Gasteiger partial charge on any atom is 0.414 e. The number of hydrogen-bond donors (Lipinski definition) is 3. The van der Waals surface area contributed by atoms with Gasteiger partial charge in [-0.25, -0.2) is 9.59 Å². The summed E-state index contributed by atoms with van der Waals surface area (Å²) in [6, 6.07) is 9.19. The molecule has 3 aliphatic rings. The van der Waals surface area contributed by atoms with E-state index in [1.54, 1.807) is 4.90 Å². The molecule has 1 aliphatic heterocycles. The normalized spacial score (nSPS) is 23.5. The predicted octanol–water partition coefficient (Wildman–Crippen LogP) is 4.02. The lowest BCUT2D eigenvalue weighted by molar-refractivity contribution is -0.117. The highest BCUT2D eigenvalue weighted by molar-refractivity contribution is 5.95. The first kappa shape index (κ1) is 23.2. The Hall–Kier alpha value is -3.56. The zero-order valence-corrected chi connectivity index (χ0v) is 20.0. The molecule has 2 aromatic rings. The molecule has 1 aromatic heterocycles. The van der Waals surface area contributed by atoms with Crippen LogP contribution in [0, 0.1) is 0 Å². The molecule has 5 rings (SSSR count). The summed E-state index contributed by atoms with van der Waals surface area (Å²) in [4.78, 5) is 38.2. The Kier molecular flexibility index (Phi) is 6.12. The smallest absolute Gasteiger partial charge is 0.414 e. The highest BCUT2D eigenvalue weighted by Gasteiger charge is 2.40. The summed E-state index contributed by atoms with van der Waals surface area (Å²) in [7, 11) is 0. The SMILES string of the molecule is CC(C(=O)Nc1cc(C2CCC(OC(=O)NC3(C)CC3)C2)[nH]n1)c1ccc(N2CCOC2=O)cc1. The minimum absolute atomic E-state index is 0.0906. The fourth-order valence-corrected chi connectivity index (χ4v) is 4.64. The van der Waals surface area contributed by atoms with Crippen LogP contribution in [0.15, 0.2) is 30.3 Å². The molecule has 0 spiro atoms. The molecule has 35 heavy (non-hydrogen) atoms. The third-order valence-electron chi connectivity index (χ3n) is 7.21. The number of amides is 3. The molecule has 186 valence electrons. The number of H-pyrrole nitrogens is 1. The van der Waals surface area contributed by atoms with Crippen molar-refractivity contribution in [2.45, 2.75) is 69.4 Å². The van der Waals surface area contributed by atoms with Gasteiger partial charge in [-0.05, 0) is 63.6 Å². The Morgan fingerprint density at radius 2 is 2.03 bits per heavy atom. The van der Waals surface area contributed by atoms with Crippen LogP contribution in [-0.2, 0) is 14.3 Å². The molecule has 2 heterocycles. The molecule has 3 N–H and O–H groups in total. The number of cyclic esters (lactones) is 1. The number of nitrogens with one attached hydrogen (secondary N) is 3. The molecule has 1 saturated heterocycles. The lowest BCUT2D eigenvalue weighted by Crippen LogP contribution is -2.36. The van der Waals surface area contributed by atoms with Crippen molar-refractivity contribution in [2.24, 2.45) is 0 Å². The van der Waals surface area contributed by atoms with Gasteiger partial charge in [-0.1, -0.05) is 12.1 Å². The highest BCUT2D eigenvalue weighted by Crippen LogP contribution is 2.37. The molecule has 0 radical (unpaired) electrons. The topological polar surface area (TPSA) is 126 Å². The summed E-state index contributed by atoms with van der Waals surface area (Å²) in [5, 5.41) is 13.1. The van der Waals surface area contributed by atoms with Gasteiger partial charge < -0.3 is 20.1 Å². The fourth-order valence-electron chi connectivity index (χ4n) is 4.64. The van der Waals surface area contributed by atoms with Crippen LogP contribution in [0.5, 0.6) is 0 Å². The largest absolute Gasteiger partial charge is 0.447 e. The van der Waals surface area contributed by atoms with E-state index in [4.69, 9.17) is 9.47 Å². The standard InChI is InChI=1S/C25H31N5O5/c1-15(16-3-6-18(7-4-16)30-11-12-34-24(30)33)22(31)26-21-14-20(28-29-21)17-5-8-19(13-17)35-23(32)27-25(2)9-10-25/h3-4,6-7,14-15,17,19H,5,8-13H2,1-2H3,(H,27,32)(H2,26,28,29,31). The Morgan fingerprint density at radius 3 is 2.71 bits per heavy atom. The van der Waals surface area contributed by atoms with Gasteiger partial charge in [-0.3, -0.25) is 14.8 Å². The van der Waals surface area contributed by atoms with Crippen molar-refractivity contribution in [3.8, 4) is 0 Å². The second-order valence-corrected chi connectivity index (χ2v) is 10.00. The quantitative estimate of drug-likeness (QED) is 0.548. The highest BCUT2D eigenvalue weighted by atomic mass is 16.6. The van der Waals surface area contributed by atoms with Gasteiger partial charge in [0, 0.05) is 28.9 Å². The first-order chi connectivity index (χ1) is 16.8. The predicted molar refractivity (Wildman–Crippen MR) is 128 cm³/mol. The molecule has 3 atom stereocenters. The number of hydrogen-bond acceptors (Lipinski definition) is 6. The molecule has 0 bridgehead atoms. The summed E-state index contributed by atoms with van der Waals surface area (Å²) in [6.45, 7) is 4.76. The molecule has 2 saturated carbocycles. The second-order valence-electron chi connectivity index (χ2n) is 10.00. The van der Waals surface area contributed by atoms with Crippen LogP contribution < -0.4 is 15.5 Å². The molecule has 3 unspecified atom stereocenters. The average molecular weight is 482 g/mol. The maximum absolute atomic E-state index is 12.8. The number of aromatic amines is 1. The van der Waals surface area contributed by atoms with Crippen molar-refractivity contribution in [1.29, 1.82) is 0 Å². The first-order valence-electron chi connectivity index (χ1n) is 12.2. The van der Waals surface area contributed by atoms with Gasteiger partial charge in [0.15, 0.2) is 5.82 Å². The van der Waals surface area contributed by atoms with Gasteiger partial charge in [0.2, 0.25) is 5.91 Å². The minimum atomic E-state index is -0.397. The second kappa shape index (κ2) is 9.24. The van der Waals surface area contributed by atoms with Crippen LogP contribution in [-0.4, -0.2) is 53.1 Å². The molecular weight excluding hydrogens is 450 g/mol. The van der Waals surface area contributed by atoms with Crippen LogP contribution in [0.25, 0.3) is 0 Å². The van der Waals surface area contributed by atoms with Gasteiger partial charge in [-0.2, -0.15) is 5.10 Å². The summed E-state index contributed by atoms with van der Waals surface area (Å²) in [5.74, 6) is 0.0989. The van der Waals surface area contributed by atoms with E-state index in [9.17, 15) is 14.4 Å². The summed E-state index contributed by atoms with van der Waals surface area (Å²) >= 11 is 0. The van der Waals surface area contributed by atoms with Crippen molar-refractivity contribution in [1.82, 2.24) is 15.5 Å². The number of anilines is 2. The van der Waals surface area contributed by atoms with Gasteiger partial charge in [-0.15, -0.1) is 0 Å². The average Bonchev–Trinajstić information content (AvgIpc) is 3.25. The van der Waals surface area contributed by atoms with E-state index < -0.39 is 5.92 Å². The molecule has 3 fully saturated rings. The third kappa shape index (κ3) is 5.26. The lowest BCUT2D eigenvalue weighted by Gasteiger charge is -2.16. The van der Waals surface area contributed by atoms with Crippen LogP contribution in [0.1, 0.15) is 69.0 Å². The molecule has 1 aromatic carbocycles. The Labute approximate surface area is 203 Å². The fraction of sp³-hybridized carbons (Fsp3) is 0.520. The Morgan fingerprint density at radius 1 is 1.26 bits per heavy atom. The van der Waals surface area contributed by atoms with E-state index in [0.29, 0.717) is 19.0 Å². The molecular formula is C25H31N5O5. The van der Waals surface area contributed by atoms with Crippen LogP contribution in [0.3, 0.4) is 0 Å². The monoisotopic (exact) mass is 481 g/mol. The number of carbonyl (C=O) groups excluding carboxylic acids is 3. The van der Waals surface area contributed by atoms with Gasteiger partial charge in [0.05, 0.1) is 12.5 Å². The number of aromatic nitrogens is 2. The number of alkyl carbamates (subject to hydrolysis) is 1. The van der Waals surface area contributed by atoms with E-state index in [0.717, 1.165) is 49.0 Å². The minimum Gasteiger partial charge on any atom is -0.447 e. The number of carbonyl (C=O) groups is 3. The number of benzene rings is 1. The third-order valence-corrected chi connectivity index (χ3v) is 7.21. The maximum atomic E-state index is 12.8. The Balaban J connectivity index is 1.13. The van der Waals surface area contributed by atoms with Crippen molar-refractivity contribution in [3.05, 3.63) is 41.6 Å². The molecule has 3 amide bonds. The van der Waals surface area contributed by atoms with E-state index >= 15 is 0 Å². The van der Waals surface area contributed by atoms with E-state index in [-0.39, 0.29) is 35.7 Å². The zero-order chi connectivity index (χ0) is 24.6. The van der Waals surface area contributed by atoms with Gasteiger partial charge >= 0.3 is 12.2 Å². The molecule has 10 nitrogen and oxygen atoms in total. The van der Waals surface area contributed by atoms with E-state index in [2.05, 4.69) is 20.8 Å². The van der Waals surface area contributed by atoms with Crippen LogP contribution in [0.2, 0.25) is 0 Å². The van der Waals surface area contributed by atoms with Crippen molar-refractivity contribution >= 4 is 29.6 Å². The van der Waals surface area contributed by atoms with E-state index in [1.165, 1.54) is 0 Å². The van der Waals surface area contributed by atoms with Crippen molar-refractivity contribution < 1.29 is 23.9 Å². The van der Waals surface area contributed by atoms with Gasteiger partial charge in [0.25, 0.3) is 0 Å². The van der Waals surface area contributed by atoms with Crippen LogP contribution >= 0.6 is 0 Å². The number of rotatable bonds is 7.